The molecule has 74 valence electrons. The van der Waals surface area contributed by atoms with Crippen LogP contribution in [-0.2, 0) is 4.79 Å². The molecule has 1 saturated carbocycles. The number of carbonyl (C=O) groups excluding carboxylic acids is 2. The maximum Gasteiger partial charge on any atom is 0.326 e. The summed E-state index contributed by atoms with van der Waals surface area (Å²) in [6.45, 7) is 1.86. The molecule has 0 aromatic carbocycles. The second-order valence-electron chi connectivity index (χ2n) is 3.35. The average Bonchev–Trinajstić information content (AvgIpc) is 2.32. The van der Waals surface area contributed by atoms with Crippen molar-refractivity contribution >= 4 is 34.7 Å². The van der Waals surface area contributed by atoms with E-state index in [9.17, 15) is 9.59 Å². The minimum Gasteiger partial charge on any atom is -0.298 e. The van der Waals surface area contributed by atoms with Gasteiger partial charge >= 0.3 is 5.37 Å². The van der Waals surface area contributed by atoms with Crippen molar-refractivity contribution < 1.29 is 9.59 Å². The number of hydrogen-bond donors (Lipinski definition) is 0. The van der Waals surface area contributed by atoms with Crippen LogP contribution in [-0.4, -0.2) is 27.2 Å². The average molecular weight is 222 g/mol. The SMILES string of the molecule is CN(SC1(C)CCCC1=O)C(=O)Cl. The summed E-state index contributed by atoms with van der Waals surface area (Å²) in [5, 5.41) is -0.536. The highest BCUT2D eigenvalue weighted by Crippen LogP contribution is 2.39. The molecule has 0 bridgehead atoms. The summed E-state index contributed by atoms with van der Waals surface area (Å²) in [4.78, 5) is 22.2. The zero-order chi connectivity index (χ0) is 10.1. The first-order chi connectivity index (χ1) is 5.96. The predicted octanol–water partition coefficient (Wildman–Crippen LogP) is 2.44. The second-order valence-corrected chi connectivity index (χ2v) is 5.30. The van der Waals surface area contributed by atoms with E-state index >= 15 is 0 Å². The molecule has 1 aliphatic carbocycles. The van der Waals surface area contributed by atoms with Crippen LogP contribution < -0.4 is 0 Å². The molecule has 1 fully saturated rings. The zero-order valence-corrected chi connectivity index (χ0v) is 9.24. The third-order valence-corrected chi connectivity index (χ3v) is 3.86. The Morgan fingerprint density at radius 1 is 1.69 bits per heavy atom. The predicted molar refractivity (Wildman–Crippen MR) is 53.9 cm³/mol. The van der Waals surface area contributed by atoms with Crippen molar-refractivity contribution in [2.75, 3.05) is 7.05 Å². The smallest absolute Gasteiger partial charge is 0.298 e. The van der Waals surface area contributed by atoms with Gasteiger partial charge in [0.2, 0.25) is 0 Å². The standard InChI is InChI=1S/C8H12ClNO2S/c1-8(5-3-4-6(8)11)13-10(2)7(9)12/h3-5H2,1-2H3. The fraction of sp³-hybridized carbons (Fsp3) is 0.750. The molecule has 0 radical (unpaired) electrons. The maximum atomic E-state index is 11.5. The molecule has 13 heavy (non-hydrogen) atoms. The van der Waals surface area contributed by atoms with Crippen LogP contribution in [0.2, 0.25) is 0 Å². The van der Waals surface area contributed by atoms with Gasteiger partial charge in [-0.2, -0.15) is 0 Å². The van der Waals surface area contributed by atoms with Gasteiger partial charge in [-0.25, -0.2) is 0 Å². The maximum absolute atomic E-state index is 11.5. The third-order valence-electron chi connectivity index (χ3n) is 2.23. The topological polar surface area (TPSA) is 37.4 Å². The Bertz CT molecular complexity index is 246. The van der Waals surface area contributed by atoms with E-state index in [1.54, 1.807) is 7.05 Å². The first-order valence-corrected chi connectivity index (χ1v) is 5.26. The molecule has 0 aliphatic heterocycles. The van der Waals surface area contributed by atoms with Gasteiger partial charge in [-0.15, -0.1) is 0 Å². The van der Waals surface area contributed by atoms with E-state index in [2.05, 4.69) is 0 Å². The molecule has 1 unspecified atom stereocenters. The van der Waals surface area contributed by atoms with E-state index in [4.69, 9.17) is 11.6 Å². The number of carbonyl (C=O) groups is 2. The molecular weight excluding hydrogens is 210 g/mol. The molecule has 5 heteroatoms. The van der Waals surface area contributed by atoms with E-state index in [0.717, 1.165) is 12.8 Å². The lowest BCUT2D eigenvalue weighted by Crippen LogP contribution is -2.31. The summed E-state index contributed by atoms with van der Waals surface area (Å²) >= 11 is 6.50. The quantitative estimate of drug-likeness (QED) is 0.408. The van der Waals surface area contributed by atoms with Crippen LogP contribution in [0.5, 0.6) is 0 Å². The molecule has 0 aromatic heterocycles. The van der Waals surface area contributed by atoms with Crippen LogP contribution >= 0.6 is 23.5 Å². The number of Topliss-reactive ketones (excluding diaryl/α,β-unsaturated/α-hetero) is 1. The molecule has 1 atom stereocenters. The summed E-state index contributed by atoms with van der Waals surface area (Å²) in [6.07, 6.45) is 2.35. The molecular formula is C8H12ClNO2S. The number of ketones is 1. The summed E-state index contributed by atoms with van der Waals surface area (Å²) in [7, 11) is 1.58. The number of rotatable bonds is 2. The van der Waals surface area contributed by atoms with E-state index in [1.807, 2.05) is 6.92 Å². The fourth-order valence-electron chi connectivity index (χ4n) is 1.42. The fourth-order valence-corrected chi connectivity index (χ4v) is 2.64. The molecule has 1 aliphatic rings. The van der Waals surface area contributed by atoms with Gasteiger partial charge in [-0.3, -0.25) is 13.9 Å². The summed E-state index contributed by atoms with van der Waals surface area (Å²) < 4.78 is 0.865. The number of nitrogens with zero attached hydrogens (tertiary/aromatic N) is 1. The molecule has 0 aromatic rings. The van der Waals surface area contributed by atoms with Crippen LogP contribution in [0.3, 0.4) is 0 Å². The molecule has 3 nitrogen and oxygen atoms in total. The Morgan fingerprint density at radius 3 is 2.69 bits per heavy atom. The van der Waals surface area contributed by atoms with Crippen molar-refractivity contribution in [3.8, 4) is 0 Å². The summed E-state index contributed by atoms with van der Waals surface area (Å²) in [5.74, 6) is 0.210. The molecule has 0 heterocycles. The third kappa shape index (κ3) is 2.38. The van der Waals surface area contributed by atoms with Crippen molar-refractivity contribution in [3.05, 3.63) is 0 Å². The van der Waals surface area contributed by atoms with Crippen LogP contribution in [0.15, 0.2) is 0 Å². The largest absolute Gasteiger partial charge is 0.326 e. The molecule has 0 N–H and O–H groups in total. The number of halogens is 1. The minimum atomic E-state index is -0.536. The van der Waals surface area contributed by atoms with Crippen molar-refractivity contribution in [1.82, 2.24) is 4.31 Å². The van der Waals surface area contributed by atoms with Crippen LogP contribution in [0.4, 0.5) is 4.79 Å². The Hall–Kier alpha value is -0.220. The molecule has 0 saturated heterocycles. The highest BCUT2D eigenvalue weighted by atomic mass is 35.5. The monoisotopic (exact) mass is 221 g/mol. The van der Waals surface area contributed by atoms with Crippen LogP contribution in [0.1, 0.15) is 26.2 Å². The van der Waals surface area contributed by atoms with Gasteiger partial charge in [-0.05, 0) is 43.3 Å². The van der Waals surface area contributed by atoms with Gasteiger partial charge in [0, 0.05) is 13.5 Å². The minimum absolute atomic E-state index is 0.210. The van der Waals surface area contributed by atoms with Crippen LogP contribution in [0, 0.1) is 0 Å². The van der Waals surface area contributed by atoms with Gasteiger partial charge in [0.15, 0.2) is 0 Å². The highest BCUT2D eigenvalue weighted by molar-refractivity contribution is 7.99. The van der Waals surface area contributed by atoms with Gasteiger partial charge in [0.05, 0.1) is 4.75 Å². The molecule has 1 amide bonds. The normalized spacial score (nSPS) is 27.8. The Labute approximate surface area is 86.9 Å². The van der Waals surface area contributed by atoms with Crippen molar-refractivity contribution in [2.45, 2.75) is 30.9 Å². The van der Waals surface area contributed by atoms with E-state index < -0.39 is 10.1 Å². The van der Waals surface area contributed by atoms with Gasteiger partial charge in [0.1, 0.15) is 5.78 Å². The summed E-state index contributed by atoms with van der Waals surface area (Å²) in [5.41, 5.74) is 0. The van der Waals surface area contributed by atoms with Gasteiger partial charge in [0.25, 0.3) is 0 Å². The Balaban J connectivity index is 2.61. The van der Waals surface area contributed by atoms with Crippen molar-refractivity contribution in [1.29, 1.82) is 0 Å². The van der Waals surface area contributed by atoms with Crippen molar-refractivity contribution in [3.63, 3.8) is 0 Å². The number of hydrogen-bond acceptors (Lipinski definition) is 3. The molecule has 0 spiro atoms. The Morgan fingerprint density at radius 2 is 2.31 bits per heavy atom. The highest BCUT2D eigenvalue weighted by Gasteiger charge is 2.40. The van der Waals surface area contributed by atoms with Crippen LogP contribution in [0.25, 0.3) is 0 Å². The lowest BCUT2D eigenvalue weighted by molar-refractivity contribution is -0.119. The van der Waals surface area contributed by atoms with E-state index in [1.165, 1.54) is 16.3 Å². The van der Waals surface area contributed by atoms with E-state index in [0.29, 0.717) is 6.42 Å². The molecule has 1 rings (SSSR count). The summed E-state index contributed by atoms with van der Waals surface area (Å²) in [6, 6.07) is 0. The second kappa shape index (κ2) is 3.88. The Kier molecular flexibility index (Phi) is 3.24. The lowest BCUT2D eigenvalue weighted by atomic mass is 10.1. The number of amides is 1. The van der Waals surface area contributed by atoms with Crippen molar-refractivity contribution in [2.24, 2.45) is 0 Å². The zero-order valence-electron chi connectivity index (χ0n) is 7.67. The van der Waals surface area contributed by atoms with E-state index in [-0.39, 0.29) is 5.78 Å². The van der Waals surface area contributed by atoms with Gasteiger partial charge in [-0.1, -0.05) is 0 Å². The first-order valence-electron chi connectivity index (χ1n) is 4.11. The lowest BCUT2D eigenvalue weighted by Gasteiger charge is -2.25. The van der Waals surface area contributed by atoms with Gasteiger partial charge < -0.3 is 0 Å². The first kappa shape index (κ1) is 10.9.